The van der Waals surface area contributed by atoms with Gasteiger partial charge in [-0.05, 0) is 77.0 Å². The van der Waals surface area contributed by atoms with Crippen LogP contribution in [0.1, 0.15) is 61.4 Å². The molecule has 3 aliphatic rings. The highest BCUT2D eigenvalue weighted by Crippen LogP contribution is 2.32. The zero-order valence-corrected chi connectivity index (χ0v) is 27.6. The molecule has 0 radical (unpaired) electrons. The molecule has 0 aliphatic carbocycles. The van der Waals surface area contributed by atoms with Crippen molar-refractivity contribution in [1.82, 2.24) is 29.8 Å². The molecule has 3 aliphatic heterocycles. The zero-order valence-electron chi connectivity index (χ0n) is 27.6. The molecule has 2 N–H and O–H groups in total. The van der Waals surface area contributed by atoms with Crippen molar-refractivity contribution < 1.29 is 14.3 Å². The second-order valence-corrected chi connectivity index (χ2v) is 13.0. The molecule has 0 saturated carbocycles. The number of carbonyl (C=O) groups excluding carboxylic acids is 2. The van der Waals surface area contributed by atoms with Gasteiger partial charge >= 0.3 is 0 Å². The molecule has 12 nitrogen and oxygen atoms in total. The monoisotopic (exact) mass is 619 g/mol. The van der Waals surface area contributed by atoms with E-state index in [1.165, 1.54) is 6.08 Å². The molecule has 12 heteroatoms. The zero-order chi connectivity index (χ0) is 32.1. The van der Waals surface area contributed by atoms with Crippen LogP contribution in [0.5, 0.6) is 0 Å². The highest BCUT2D eigenvalue weighted by molar-refractivity contribution is 6.00. The highest BCUT2D eigenvalue weighted by Gasteiger charge is 2.34. The number of anilines is 2. The number of likely N-dealkylation sites (tertiary alicyclic amines) is 2. The summed E-state index contributed by atoms with van der Waals surface area (Å²) in [6.45, 7) is 8.37. The molecule has 0 bridgehead atoms. The van der Waals surface area contributed by atoms with Gasteiger partial charge in [0.1, 0.15) is 5.82 Å². The number of carbonyl (C=O) groups is 2. The van der Waals surface area contributed by atoms with Crippen LogP contribution in [0.2, 0.25) is 0 Å². The molecular formula is C33H49N9O3. The van der Waals surface area contributed by atoms with Gasteiger partial charge in [-0.15, -0.1) is 0 Å². The van der Waals surface area contributed by atoms with Crippen LogP contribution in [-0.4, -0.2) is 122 Å². The van der Waals surface area contributed by atoms with E-state index >= 15 is 0 Å². The molecule has 1 unspecified atom stereocenters. The number of benzene rings is 1. The smallest absolute Gasteiger partial charge is 0.253 e. The van der Waals surface area contributed by atoms with Crippen LogP contribution in [-0.2, 0) is 9.53 Å². The number of ether oxygens (including phenoxy) is 1. The third kappa shape index (κ3) is 8.11. The number of amides is 2. The number of piperidine rings is 2. The largest absolute Gasteiger partial charge is 0.351 e. The first-order valence-corrected chi connectivity index (χ1v) is 16.1. The van der Waals surface area contributed by atoms with Crippen molar-refractivity contribution in [3.63, 3.8) is 0 Å². The van der Waals surface area contributed by atoms with E-state index in [9.17, 15) is 9.59 Å². The summed E-state index contributed by atoms with van der Waals surface area (Å²) in [5.74, 6) is 1.83. The van der Waals surface area contributed by atoms with E-state index in [-0.39, 0.29) is 24.0 Å². The van der Waals surface area contributed by atoms with Gasteiger partial charge in [0.2, 0.25) is 18.2 Å². The van der Waals surface area contributed by atoms with E-state index in [2.05, 4.69) is 41.3 Å². The van der Waals surface area contributed by atoms with Crippen LogP contribution in [0.4, 0.5) is 11.5 Å². The van der Waals surface area contributed by atoms with Crippen molar-refractivity contribution >= 4 is 29.3 Å². The number of aromatic nitrogens is 2. The van der Waals surface area contributed by atoms with Crippen LogP contribution >= 0.6 is 0 Å². The molecule has 244 valence electrons. The number of hydrogen-bond acceptors (Lipinski definition) is 9. The molecule has 45 heavy (non-hydrogen) atoms. The Balaban J connectivity index is 1.19. The summed E-state index contributed by atoms with van der Waals surface area (Å²) in [5.41, 5.74) is 2.43. The Labute approximate surface area is 267 Å². The average Bonchev–Trinajstić information content (AvgIpc) is 3.47. The Bertz CT molecular complexity index is 1370. The second-order valence-electron chi connectivity index (χ2n) is 13.0. The summed E-state index contributed by atoms with van der Waals surface area (Å²) in [7, 11) is 8.08. The number of likely N-dealkylation sites (N-methyl/N-ethyl adjacent to an activating group) is 1. The summed E-state index contributed by atoms with van der Waals surface area (Å²) < 4.78 is 8.48. The van der Waals surface area contributed by atoms with E-state index in [4.69, 9.17) is 14.8 Å². The van der Waals surface area contributed by atoms with Gasteiger partial charge in [-0.3, -0.25) is 9.59 Å². The lowest BCUT2D eigenvalue weighted by atomic mass is 10.0. The maximum Gasteiger partial charge on any atom is 0.253 e. The van der Waals surface area contributed by atoms with E-state index in [0.717, 1.165) is 50.2 Å². The topological polar surface area (TPSA) is 111 Å². The fourth-order valence-corrected chi connectivity index (χ4v) is 5.98. The summed E-state index contributed by atoms with van der Waals surface area (Å²) in [6, 6.07) is 7.24. The van der Waals surface area contributed by atoms with E-state index in [0.29, 0.717) is 42.8 Å². The maximum atomic E-state index is 13.3. The van der Waals surface area contributed by atoms with E-state index in [1.54, 1.807) is 24.3 Å². The highest BCUT2D eigenvalue weighted by atomic mass is 16.5. The van der Waals surface area contributed by atoms with Crippen molar-refractivity contribution in [1.29, 1.82) is 0 Å². The Hall–Kier alpha value is -3.74. The molecule has 1 atom stereocenters. The summed E-state index contributed by atoms with van der Waals surface area (Å²) >= 11 is 0. The fraction of sp³-hybridized carbons (Fsp3) is 0.576. The van der Waals surface area contributed by atoms with Gasteiger partial charge in [-0.1, -0.05) is 19.9 Å². The van der Waals surface area contributed by atoms with Gasteiger partial charge in [-0.2, -0.15) is 14.8 Å². The lowest BCUT2D eigenvalue weighted by Crippen LogP contribution is -2.52. The number of aliphatic imine (C=N–C) groups is 1. The Morgan fingerprint density at radius 2 is 1.73 bits per heavy atom. The molecule has 4 heterocycles. The molecule has 1 aromatic carbocycles. The van der Waals surface area contributed by atoms with Crippen LogP contribution < -0.4 is 15.5 Å². The normalized spacial score (nSPS) is 20.2. The molecule has 2 saturated heterocycles. The average molecular weight is 620 g/mol. The van der Waals surface area contributed by atoms with Gasteiger partial charge in [0, 0.05) is 68.7 Å². The standard InChI is InChI=1S/C33H49N9O3/c1-23(2)28-22-34-42-30(28)40(6)33(45-27-15-18-39(5)19-16-27)37-32(42)36-26-13-20-41(21-14-26)31(44)24-9-11-25(12-10-24)35-29(43)8-7-17-38(3)4/h7-12,22-23,26-27,33H,13-21H2,1-6H3,(H,35,43)(H,36,37)/b8-7+. The van der Waals surface area contributed by atoms with Crippen molar-refractivity contribution in [2.45, 2.75) is 63.9 Å². The van der Waals surface area contributed by atoms with Crippen molar-refractivity contribution in [2.24, 2.45) is 4.99 Å². The molecule has 0 spiro atoms. The Kier molecular flexibility index (Phi) is 10.6. The third-order valence-electron chi connectivity index (χ3n) is 8.73. The summed E-state index contributed by atoms with van der Waals surface area (Å²) in [6.07, 6.45) is 8.58. The molecule has 1 aromatic heterocycles. The number of hydrogen-bond donors (Lipinski definition) is 2. The molecule has 2 amide bonds. The van der Waals surface area contributed by atoms with Gasteiger partial charge in [-0.25, -0.2) is 0 Å². The fourth-order valence-electron chi connectivity index (χ4n) is 5.98. The third-order valence-corrected chi connectivity index (χ3v) is 8.73. The Morgan fingerprint density at radius 1 is 1.04 bits per heavy atom. The molecule has 2 fully saturated rings. The van der Waals surface area contributed by atoms with Crippen LogP contribution in [0.3, 0.4) is 0 Å². The first-order valence-electron chi connectivity index (χ1n) is 16.1. The predicted octanol–water partition coefficient (Wildman–Crippen LogP) is 3.01. The number of rotatable bonds is 9. The number of fused-ring (bicyclic) bond motifs is 1. The van der Waals surface area contributed by atoms with Crippen molar-refractivity contribution in [3.8, 4) is 0 Å². The molecular weight excluding hydrogens is 570 g/mol. The summed E-state index contributed by atoms with van der Waals surface area (Å²) in [5, 5.41) is 11.2. The van der Waals surface area contributed by atoms with Crippen molar-refractivity contribution in [3.05, 3.63) is 53.7 Å². The SMILES string of the molecule is CC(C)c1cnn2c1N(C)C(OC1CCN(C)CC1)N=C2NC1CCN(C(=O)c2ccc(NC(=O)/C=C/CN(C)C)cc2)CC1. The number of nitrogens with zero attached hydrogens (tertiary/aromatic N) is 7. The quantitative estimate of drug-likeness (QED) is 0.413. The minimum Gasteiger partial charge on any atom is -0.351 e. The Morgan fingerprint density at radius 3 is 2.38 bits per heavy atom. The molecule has 2 aromatic rings. The second kappa shape index (κ2) is 14.6. The summed E-state index contributed by atoms with van der Waals surface area (Å²) in [4.78, 5) is 38.8. The van der Waals surface area contributed by atoms with Gasteiger partial charge in [0.15, 0.2) is 0 Å². The first kappa shape index (κ1) is 32.6. The lowest BCUT2D eigenvalue weighted by Gasteiger charge is -2.38. The molecule has 5 rings (SSSR count). The first-order chi connectivity index (χ1) is 21.6. The van der Waals surface area contributed by atoms with Crippen molar-refractivity contribution in [2.75, 3.05) is 71.1 Å². The van der Waals surface area contributed by atoms with Gasteiger partial charge in [0.25, 0.3) is 5.91 Å². The van der Waals surface area contributed by atoms with E-state index in [1.807, 2.05) is 47.9 Å². The maximum absolute atomic E-state index is 13.3. The van der Waals surface area contributed by atoms with Crippen LogP contribution in [0, 0.1) is 0 Å². The predicted molar refractivity (Wildman–Crippen MR) is 178 cm³/mol. The van der Waals surface area contributed by atoms with E-state index < -0.39 is 6.35 Å². The van der Waals surface area contributed by atoms with Gasteiger partial charge in [0.05, 0.1) is 12.3 Å². The minimum absolute atomic E-state index is 0.00337. The number of nitrogens with one attached hydrogen (secondary N) is 2. The van der Waals surface area contributed by atoms with Gasteiger partial charge < -0.3 is 35.0 Å². The van der Waals surface area contributed by atoms with Crippen LogP contribution in [0.15, 0.2) is 47.6 Å². The lowest BCUT2D eigenvalue weighted by molar-refractivity contribution is -0.111. The van der Waals surface area contributed by atoms with Crippen LogP contribution in [0.25, 0.3) is 0 Å². The minimum atomic E-state index is -0.425.